The minimum atomic E-state index is -0.208. The lowest BCUT2D eigenvalue weighted by Crippen LogP contribution is -2.24. The second kappa shape index (κ2) is 5.24. The van der Waals surface area contributed by atoms with Crippen LogP contribution in [-0.4, -0.2) is 10.7 Å². The third-order valence-corrected chi connectivity index (χ3v) is 3.83. The van der Waals surface area contributed by atoms with E-state index in [1.165, 1.54) is 0 Å². The highest BCUT2D eigenvalue weighted by molar-refractivity contribution is 6.31. The summed E-state index contributed by atoms with van der Waals surface area (Å²) in [6, 6.07) is 11.1. The van der Waals surface area contributed by atoms with Crippen molar-refractivity contribution in [2.45, 2.75) is 32.5 Å². The fourth-order valence-electron chi connectivity index (χ4n) is 2.51. The van der Waals surface area contributed by atoms with Gasteiger partial charge in [-0.2, -0.15) is 0 Å². The molecule has 0 amide bonds. The van der Waals surface area contributed by atoms with Crippen LogP contribution in [0.25, 0.3) is 0 Å². The fourth-order valence-corrected chi connectivity index (χ4v) is 2.74. The number of halogens is 1. The Morgan fingerprint density at radius 3 is 2.81 bits per heavy atom. The maximum atomic E-state index is 9.14. The van der Waals surface area contributed by atoms with Gasteiger partial charge in [-0.3, -0.25) is 0 Å². The number of benzene rings is 2. The molecule has 1 N–H and O–H groups in total. The lowest BCUT2D eigenvalue weighted by Gasteiger charge is -2.18. The zero-order valence-electron chi connectivity index (χ0n) is 12.0. The largest absolute Gasteiger partial charge is 0.483 e. The van der Waals surface area contributed by atoms with Crippen LogP contribution in [-0.2, 0) is 13.0 Å². The zero-order valence-corrected chi connectivity index (χ0v) is 12.8. The van der Waals surface area contributed by atoms with Gasteiger partial charge in [0.1, 0.15) is 11.4 Å². The number of para-hydroxylation sites is 1. The van der Waals surface area contributed by atoms with E-state index in [0.29, 0.717) is 22.1 Å². The van der Waals surface area contributed by atoms with Crippen molar-refractivity contribution in [3.63, 3.8) is 0 Å². The maximum absolute atomic E-state index is 9.14. The molecule has 1 aliphatic heterocycles. The number of ether oxygens (including phenoxy) is 2. The molecule has 0 spiro atoms. The lowest BCUT2D eigenvalue weighted by molar-refractivity contribution is 0.135. The number of hydrogen-bond donors (Lipinski definition) is 1. The van der Waals surface area contributed by atoms with Crippen molar-refractivity contribution in [1.29, 1.82) is 0 Å². The standard InChI is InChI=1S/C17H17ClO3/c1-17(2)9-11-4-3-5-15(16(11)21-17)20-13-7-6-12(10-19)14(18)8-13/h3-8,19H,9-10H2,1-2H3. The Morgan fingerprint density at radius 2 is 2.10 bits per heavy atom. The fraction of sp³-hybridized carbons (Fsp3) is 0.294. The Bertz CT molecular complexity index is 680. The van der Waals surface area contributed by atoms with Crippen LogP contribution in [0.3, 0.4) is 0 Å². The van der Waals surface area contributed by atoms with Crippen molar-refractivity contribution < 1.29 is 14.6 Å². The molecule has 2 aromatic carbocycles. The van der Waals surface area contributed by atoms with Crippen molar-refractivity contribution in [1.82, 2.24) is 0 Å². The van der Waals surface area contributed by atoms with Gasteiger partial charge in [-0.25, -0.2) is 0 Å². The first kappa shape index (κ1) is 14.2. The second-order valence-corrected chi connectivity index (χ2v) is 6.20. The van der Waals surface area contributed by atoms with Gasteiger partial charge in [-0.15, -0.1) is 0 Å². The topological polar surface area (TPSA) is 38.7 Å². The summed E-state index contributed by atoms with van der Waals surface area (Å²) in [6.45, 7) is 4.03. The summed E-state index contributed by atoms with van der Waals surface area (Å²) < 4.78 is 11.9. The number of hydrogen-bond acceptors (Lipinski definition) is 3. The third-order valence-electron chi connectivity index (χ3n) is 3.48. The van der Waals surface area contributed by atoms with Gasteiger partial charge in [-0.05, 0) is 37.6 Å². The molecule has 0 fully saturated rings. The quantitative estimate of drug-likeness (QED) is 0.917. The smallest absolute Gasteiger partial charge is 0.169 e. The zero-order chi connectivity index (χ0) is 15.0. The molecule has 0 bridgehead atoms. The molecular formula is C17H17ClO3. The average Bonchev–Trinajstić information content (AvgIpc) is 2.74. The minimum absolute atomic E-state index is 0.0862. The predicted octanol–water partition coefficient (Wildman–Crippen LogP) is 4.34. The van der Waals surface area contributed by atoms with Gasteiger partial charge < -0.3 is 14.6 Å². The first-order chi connectivity index (χ1) is 9.98. The molecule has 0 aromatic heterocycles. The summed E-state index contributed by atoms with van der Waals surface area (Å²) in [6.07, 6.45) is 0.865. The molecule has 2 aromatic rings. The van der Waals surface area contributed by atoms with E-state index in [1.807, 2.05) is 12.1 Å². The molecule has 0 unspecified atom stereocenters. The van der Waals surface area contributed by atoms with Crippen LogP contribution >= 0.6 is 11.6 Å². The van der Waals surface area contributed by atoms with Gasteiger partial charge in [0.2, 0.25) is 0 Å². The highest BCUT2D eigenvalue weighted by Crippen LogP contribution is 2.43. The Morgan fingerprint density at radius 1 is 1.29 bits per heavy atom. The molecular weight excluding hydrogens is 288 g/mol. The summed E-state index contributed by atoms with van der Waals surface area (Å²) in [7, 11) is 0. The first-order valence-corrected chi connectivity index (χ1v) is 7.24. The van der Waals surface area contributed by atoms with Crippen LogP contribution in [0, 0.1) is 0 Å². The summed E-state index contributed by atoms with van der Waals surface area (Å²) in [5.74, 6) is 2.11. The molecule has 1 aliphatic rings. The minimum Gasteiger partial charge on any atom is -0.483 e. The van der Waals surface area contributed by atoms with E-state index in [4.69, 9.17) is 26.2 Å². The average molecular weight is 305 g/mol. The van der Waals surface area contributed by atoms with E-state index >= 15 is 0 Å². The summed E-state index contributed by atoms with van der Waals surface area (Å²) in [5.41, 5.74) is 1.62. The normalized spacial score (nSPS) is 15.4. The Kier molecular flexibility index (Phi) is 3.56. The van der Waals surface area contributed by atoms with Crippen molar-refractivity contribution in [2.24, 2.45) is 0 Å². The van der Waals surface area contributed by atoms with Crippen LogP contribution in [0.4, 0.5) is 0 Å². The Hall–Kier alpha value is -1.71. The van der Waals surface area contributed by atoms with Gasteiger partial charge in [0.05, 0.1) is 6.61 Å². The molecule has 4 heteroatoms. The van der Waals surface area contributed by atoms with Crippen LogP contribution in [0.15, 0.2) is 36.4 Å². The summed E-state index contributed by atoms with van der Waals surface area (Å²) >= 11 is 6.09. The van der Waals surface area contributed by atoms with Crippen molar-refractivity contribution in [3.8, 4) is 17.2 Å². The van der Waals surface area contributed by atoms with Crippen LogP contribution in [0.5, 0.6) is 17.2 Å². The number of fused-ring (bicyclic) bond motifs is 1. The van der Waals surface area contributed by atoms with Crippen molar-refractivity contribution in [3.05, 3.63) is 52.5 Å². The van der Waals surface area contributed by atoms with E-state index in [2.05, 4.69) is 19.9 Å². The lowest BCUT2D eigenvalue weighted by atomic mass is 10.0. The van der Waals surface area contributed by atoms with Gasteiger partial charge in [0, 0.05) is 17.0 Å². The molecule has 0 saturated carbocycles. The molecule has 21 heavy (non-hydrogen) atoms. The Labute approximate surface area is 129 Å². The highest BCUT2D eigenvalue weighted by Gasteiger charge is 2.32. The number of aliphatic hydroxyl groups is 1. The van der Waals surface area contributed by atoms with Crippen LogP contribution < -0.4 is 9.47 Å². The number of rotatable bonds is 3. The monoisotopic (exact) mass is 304 g/mol. The third kappa shape index (κ3) is 2.85. The second-order valence-electron chi connectivity index (χ2n) is 5.80. The molecule has 3 rings (SSSR count). The Balaban J connectivity index is 1.90. The van der Waals surface area contributed by atoms with E-state index in [0.717, 1.165) is 17.7 Å². The SMILES string of the molecule is CC1(C)Cc2cccc(Oc3ccc(CO)c(Cl)c3)c2O1. The molecule has 1 heterocycles. The van der Waals surface area contributed by atoms with E-state index in [9.17, 15) is 0 Å². The number of aliphatic hydroxyl groups excluding tert-OH is 1. The summed E-state index contributed by atoms with van der Waals surface area (Å²) in [4.78, 5) is 0. The van der Waals surface area contributed by atoms with E-state index in [1.54, 1.807) is 18.2 Å². The van der Waals surface area contributed by atoms with Gasteiger partial charge in [0.15, 0.2) is 11.5 Å². The van der Waals surface area contributed by atoms with E-state index < -0.39 is 0 Å². The first-order valence-electron chi connectivity index (χ1n) is 6.86. The van der Waals surface area contributed by atoms with Crippen LogP contribution in [0.1, 0.15) is 25.0 Å². The summed E-state index contributed by atoms with van der Waals surface area (Å²) in [5, 5.41) is 9.63. The predicted molar refractivity (Wildman–Crippen MR) is 82.3 cm³/mol. The highest BCUT2D eigenvalue weighted by atomic mass is 35.5. The molecule has 0 saturated heterocycles. The molecule has 0 radical (unpaired) electrons. The van der Waals surface area contributed by atoms with Gasteiger partial charge >= 0.3 is 0 Å². The molecule has 0 aliphatic carbocycles. The molecule has 3 nitrogen and oxygen atoms in total. The van der Waals surface area contributed by atoms with Gasteiger partial charge in [0.25, 0.3) is 0 Å². The van der Waals surface area contributed by atoms with Crippen molar-refractivity contribution in [2.75, 3.05) is 0 Å². The van der Waals surface area contributed by atoms with Crippen LogP contribution in [0.2, 0.25) is 5.02 Å². The van der Waals surface area contributed by atoms with Gasteiger partial charge in [-0.1, -0.05) is 29.8 Å². The van der Waals surface area contributed by atoms with E-state index in [-0.39, 0.29) is 12.2 Å². The molecule has 110 valence electrons. The maximum Gasteiger partial charge on any atom is 0.169 e. The van der Waals surface area contributed by atoms with Crippen molar-refractivity contribution >= 4 is 11.6 Å². The molecule has 0 atom stereocenters.